The minimum atomic E-state index is -0.622. The second-order valence-corrected chi connectivity index (χ2v) is 7.97. The zero-order valence-electron chi connectivity index (χ0n) is 15.2. The van der Waals surface area contributed by atoms with Crippen molar-refractivity contribution >= 4 is 12.1 Å². The van der Waals surface area contributed by atoms with Crippen LogP contribution in [-0.2, 0) is 14.3 Å². The summed E-state index contributed by atoms with van der Waals surface area (Å²) in [5.74, 6) is 0.105. The van der Waals surface area contributed by atoms with Crippen LogP contribution in [0.5, 0.6) is 0 Å². The maximum Gasteiger partial charge on any atom is 0.408 e. The molecule has 0 radical (unpaired) electrons. The van der Waals surface area contributed by atoms with Crippen LogP contribution in [0.3, 0.4) is 0 Å². The Labute approximate surface area is 145 Å². The quantitative estimate of drug-likeness (QED) is 0.753. The van der Waals surface area contributed by atoms with Gasteiger partial charge in [-0.3, -0.25) is 0 Å². The van der Waals surface area contributed by atoms with Gasteiger partial charge in [0.05, 0.1) is 0 Å². The van der Waals surface area contributed by atoms with Gasteiger partial charge in [-0.2, -0.15) is 0 Å². The van der Waals surface area contributed by atoms with E-state index in [9.17, 15) is 9.59 Å². The Balaban J connectivity index is 1.93. The van der Waals surface area contributed by atoms with E-state index in [1.807, 2.05) is 20.8 Å². The summed E-state index contributed by atoms with van der Waals surface area (Å²) >= 11 is 0. The van der Waals surface area contributed by atoms with Crippen molar-refractivity contribution in [3.8, 4) is 0 Å². The third kappa shape index (κ3) is 6.67. The van der Waals surface area contributed by atoms with Crippen LogP contribution in [0, 0.1) is 5.92 Å². The zero-order valence-corrected chi connectivity index (χ0v) is 15.2. The molecule has 2 aliphatic rings. The fourth-order valence-corrected chi connectivity index (χ4v) is 3.37. The first kappa shape index (κ1) is 19.0. The Morgan fingerprint density at radius 1 is 1.12 bits per heavy atom. The first-order valence-electron chi connectivity index (χ1n) is 9.24. The molecule has 1 aliphatic heterocycles. The van der Waals surface area contributed by atoms with Gasteiger partial charge in [-0.1, -0.05) is 0 Å². The number of hydrogen-bond acceptors (Lipinski definition) is 5. The van der Waals surface area contributed by atoms with Crippen molar-refractivity contribution < 1.29 is 19.1 Å². The van der Waals surface area contributed by atoms with E-state index in [0.29, 0.717) is 12.3 Å². The van der Waals surface area contributed by atoms with E-state index in [-0.39, 0.29) is 12.1 Å². The summed E-state index contributed by atoms with van der Waals surface area (Å²) in [4.78, 5) is 24.7. The summed E-state index contributed by atoms with van der Waals surface area (Å²) in [6.07, 6.45) is 6.18. The lowest BCUT2D eigenvalue weighted by Crippen LogP contribution is -2.46. The standard InChI is InChI=1S/C18H32N2O4/c1-18(2,3)24-17(22)20-15(12-13-8-10-19-11-9-13)16(21)23-14-6-4-5-7-14/h13-15,19H,4-12H2,1-3H3,(H,20,22). The molecule has 0 aromatic rings. The van der Waals surface area contributed by atoms with Crippen molar-refractivity contribution in [3.63, 3.8) is 0 Å². The SMILES string of the molecule is CC(C)(C)OC(=O)NC(CC1CCNCC1)C(=O)OC1CCCC1. The maximum atomic E-state index is 12.6. The van der Waals surface area contributed by atoms with Gasteiger partial charge in [-0.05, 0) is 84.7 Å². The van der Waals surface area contributed by atoms with E-state index < -0.39 is 17.7 Å². The number of esters is 1. The van der Waals surface area contributed by atoms with E-state index in [0.717, 1.165) is 51.6 Å². The number of nitrogens with one attached hydrogen (secondary N) is 2. The Kier molecular flexibility index (Phi) is 6.90. The Hall–Kier alpha value is -1.30. The lowest BCUT2D eigenvalue weighted by molar-refractivity contribution is -0.151. The number of hydrogen-bond donors (Lipinski definition) is 2. The number of rotatable bonds is 5. The summed E-state index contributed by atoms with van der Waals surface area (Å²) in [5.41, 5.74) is -0.585. The Bertz CT molecular complexity index is 421. The second kappa shape index (κ2) is 8.70. The van der Waals surface area contributed by atoms with Crippen molar-refractivity contribution in [2.75, 3.05) is 13.1 Å². The van der Waals surface area contributed by atoms with Crippen LogP contribution in [0.25, 0.3) is 0 Å². The number of carbonyl (C=O) groups excluding carboxylic acids is 2. The van der Waals surface area contributed by atoms with Gasteiger partial charge in [0.15, 0.2) is 0 Å². The van der Waals surface area contributed by atoms with E-state index >= 15 is 0 Å². The van der Waals surface area contributed by atoms with Crippen LogP contribution in [0.2, 0.25) is 0 Å². The average Bonchev–Trinajstić information content (AvgIpc) is 2.98. The zero-order chi connectivity index (χ0) is 17.6. The van der Waals surface area contributed by atoms with Crippen LogP contribution in [-0.4, -0.2) is 42.9 Å². The molecule has 1 amide bonds. The molecule has 2 N–H and O–H groups in total. The molecule has 24 heavy (non-hydrogen) atoms. The highest BCUT2D eigenvalue weighted by Gasteiger charge is 2.31. The summed E-state index contributed by atoms with van der Waals surface area (Å²) < 4.78 is 10.9. The Morgan fingerprint density at radius 3 is 2.33 bits per heavy atom. The van der Waals surface area contributed by atoms with Crippen LogP contribution >= 0.6 is 0 Å². The van der Waals surface area contributed by atoms with Crippen molar-refractivity contribution in [3.05, 3.63) is 0 Å². The van der Waals surface area contributed by atoms with Crippen LogP contribution < -0.4 is 10.6 Å². The van der Waals surface area contributed by atoms with Gasteiger partial charge in [-0.15, -0.1) is 0 Å². The van der Waals surface area contributed by atoms with Crippen molar-refractivity contribution in [1.29, 1.82) is 0 Å². The molecule has 2 rings (SSSR count). The molecule has 138 valence electrons. The smallest absolute Gasteiger partial charge is 0.408 e. The van der Waals surface area contributed by atoms with Crippen LogP contribution in [0.1, 0.15) is 65.7 Å². The van der Waals surface area contributed by atoms with Gasteiger partial charge in [0, 0.05) is 0 Å². The summed E-state index contributed by atoms with van der Waals surface area (Å²) in [6, 6.07) is -0.622. The van der Waals surface area contributed by atoms with Crippen molar-refractivity contribution in [2.24, 2.45) is 5.92 Å². The Morgan fingerprint density at radius 2 is 1.75 bits per heavy atom. The van der Waals surface area contributed by atoms with Crippen molar-refractivity contribution in [1.82, 2.24) is 10.6 Å². The molecule has 0 spiro atoms. The van der Waals surface area contributed by atoms with Crippen LogP contribution in [0.15, 0.2) is 0 Å². The minimum absolute atomic E-state index is 0.00783. The molecule has 2 fully saturated rings. The third-order valence-electron chi connectivity index (χ3n) is 4.59. The highest BCUT2D eigenvalue weighted by Crippen LogP contribution is 2.23. The first-order chi connectivity index (χ1) is 11.3. The fourth-order valence-electron chi connectivity index (χ4n) is 3.37. The lowest BCUT2D eigenvalue weighted by atomic mass is 9.91. The monoisotopic (exact) mass is 340 g/mol. The second-order valence-electron chi connectivity index (χ2n) is 7.97. The normalized spacial score (nSPS) is 21.3. The predicted octanol–water partition coefficient (Wildman–Crippen LogP) is 2.76. The van der Waals surface area contributed by atoms with Gasteiger partial charge in [0.25, 0.3) is 0 Å². The number of alkyl carbamates (subject to hydrolysis) is 1. The molecule has 1 saturated heterocycles. The van der Waals surface area contributed by atoms with E-state index in [4.69, 9.17) is 9.47 Å². The number of amides is 1. The molecule has 6 nitrogen and oxygen atoms in total. The number of piperidine rings is 1. The summed E-state index contributed by atoms with van der Waals surface area (Å²) in [7, 11) is 0. The molecular formula is C18H32N2O4. The average molecular weight is 340 g/mol. The highest BCUT2D eigenvalue weighted by molar-refractivity contribution is 5.81. The fraction of sp³-hybridized carbons (Fsp3) is 0.889. The van der Waals surface area contributed by atoms with Gasteiger partial charge < -0.3 is 20.1 Å². The molecule has 0 aromatic heterocycles. The first-order valence-corrected chi connectivity index (χ1v) is 9.24. The van der Waals surface area contributed by atoms with E-state index in [2.05, 4.69) is 10.6 Å². The van der Waals surface area contributed by atoms with Gasteiger partial charge >= 0.3 is 12.1 Å². The predicted molar refractivity (Wildman–Crippen MR) is 91.7 cm³/mol. The van der Waals surface area contributed by atoms with Gasteiger partial charge in [0.1, 0.15) is 17.7 Å². The highest BCUT2D eigenvalue weighted by atomic mass is 16.6. The molecule has 1 heterocycles. The van der Waals surface area contributed by atoms with Crippen LogP contribution in [0.4, 0.5) is 4.79 Å². The minimum Gasteiger partial charge on any atom is -0.461 e. The van der Waals surface area contributed by atoms with E-state index in [1.54, 1.807) is 0 Å². The molecule has 1 atom stereocenters. The summed E-state index contributed by atoms with van der Waals surface area (Å²) in [5, 5.41) is 6.06. The van der Waals surface area contributed by atoms with Gasteiger partial charge in [0.2, 0.25) is 0 Å². The largest absolute Gasteiger partial charge is 0.461 e. The topological polar surface area (TPSA) is 76.7 Å². The summed E-state index contributed by atoms with van der Waals surface area (Å²) in [6.45, 7) is 7.35. The lowest BCUT2D eigenvalue weighted by Gasteiger charge is -2.28. The van der Waals surface area contributed by atoms with E-state index in [1.165, 1.54) is 0 Å². The number of ether oxygens (including phenoxy) is 2. The molecule has 0 aromatic carbocycles. The molecule has 0 bridgehead atoms. The third-order valence-corrected chi connectivity index (χ3v) is 4.59. The van der Waals surface area contributed by atoms with Gasteiger partial charge in [-0.25, -0.2) is 9.59 Å². The molecule has 6 heteroatoms. The molecular weight excluding hydrogens is 308 g/mol. The van der Waals surface area contributed by atoms with Crippen molar-refractivity contribution in [2.45, 2.75) is 83.5 Å². The number of carbonyl (C=O) groups is 2. The molecule has 1 unspecified atom stereocenters. The molecule has 1 aliphatic carbocycles. The maximum absolute atomic E-state index is 12.6. The molecule has 1 saturated carbocycles.